The van der Waals surface area contributed by atoms with Gasteiger partial charge in [0.2, 0.25) is 0 Å². The Morgan fingerprint density at radius 3 is 2.79 bits per heavy atom. The van der Waals surface area contributed by atoms with Gasteiger partial charge >= 0.3 is 6.03 Å². The number of nitrogens with one attached hydrogen (secondary N) is 3. The van der Waals surface area contributed by atoms with Crippen molar-refractivity contribution in [3.63, 3.8) is 0 Å². The van der Waals surface area contributed by atoms with Gasteiger partial charge in [-0.25, -0.2) is 4.79 Å². The summed E-state index contributed by atoms with van der Waals surface area (Å²) in [7, 11) is 0. The van der Waals surface area contributed by atoms with Gasteiger partial charge in [0.25, 0.3) is 0 Å². The predicted molar refractivity (Wildman–Crippen MR) is 81.0 cm³/mol. The van der Waals surface area contributed by atoms with Gasteiger partial charge in [-0.15, -0.1) is 12.4 Å². The maximum absolute atomic E-state index is 11.7. The van der Waals surface area contributed by atoms with Crippen LogP contribution in [0.15, 0.2) is 24.3 Å². The molecule has 4 nitrogen and oxygen atoms in total. The second-order valence-electron chi connectivity index (χ2n) is 4.90. The van der Waals surface area contributed by atoms with Crippen LogP contribution in [-0.4, -0.2) is 25.7 Å². The van der Waals surface area contributed by atoms with Crippen molar-refractivity contribution in [2.75, 3.05) is 25.0 Å². The lowest BCUT2D eigenvalue weighted by Gasteiger charge is -2.22. The first-order valence-corrected chi connectivity index (χ1v) is 6.56. The van der Waals surface area contributed by atoms with E-state index in [1.165, 1.54) is 0 Å². The number of carbonyl (C=O) groups excluding carboxylic acids is 1. The fourth-order valence-electron chi connectivity index (χ4n) is 2.22. The van der Waals surface area contributed by atoms with Gasteiger partial charge in [0.05, 0.1) is 0 Å². The second kappa shape index (κ2) is 8.02. The Morgan fingerprint density at radius 1 is 1.37 bits per heavy atom. The molecule has 0 aliphatic carbocycles. The summed E-state index contributed by atoms with van der Waals surface area (Å²) >= 11 is 0. The quantitative estimate of drug-likeness (QED) is 0.798. The number of urea groups is 1. The van der Waals surface area contributed by atoms with Crippen molar-refractivity contribution in [2.24, 2.45) is 5.92 Å². The second-order valence-corrected chi connectivity index (χ2v) is 4.90. The monoisotopic (exact) mass is 283 g/mol. The molecule has 0 bridgehead atoms. The highest BCUT2D eigenvalue weighted by Crippen LogP contribution is 2.11. The summed E-state index contributed by atoms with van der Waals surface area (Å²) in [5.41, 5.74) is 1.99. The molecule has 2 rings (SSSR count). The molecule has 1 fully saturated rings. The van der Waals surface area contributed by atoms with Crippen LogP contribution < -0.4 is 16.0 Å². The number of piperidine rings is 1. The Hall–Kier alpha value is -1.26. The lowest BCUT2D eigenvalue weighted by molar-refractivity contribution is 0.248. The molecule has 0 spiro atoms. The summed E-state index contributed by atoms with van der Waals surface area (Å²) in [6, 6.07) is 7.70. The lowest BCUT2D eigenvalue weighted by atomic mass is 9.98. The number of benzene rings is 1. The molecule has 19 heavy (non-hydrogen) atoms. The van der Waals surface area contributed by atoms with Crippen LogP contribution in [0.3, 0.4) is 0 Å². The van der Waals surface area contributed by atoms with Crippen molar-refractivity contribution in [1.29, 1.82) is 0 Å². The van der Waals surface area contributed by atoms with Crippen molar-refractivity contribution in [2.45, 2.75) is 19.8 Å². The van der Waals surface area contributed by atoms with Crippen LogP contribution in [0.5, 0.6) is 0 Å². The Balaban J connectivity index is 0.00000180. The fraction of sp³-hybridized carbons (Fsp3) is 0.500. The minimum Gasteiger partial charge on any atom is -0.338 e. The van der Waals surface area contributed by atoms with E-state index in [9.17, 15) is 4.79 Å². The average molecular weight is 284 g/mol. The number of hydrogen-bond acceptors (Lipinski definition) is 2. The Morgan fingerprint density at radius 2 is 2.11 bits per heavy atom. The van der Waals surface area contributed by atoms with Crippen LogP contribution in [0, 0.1) is 12.8 Å². The molecule has 1 aromatic rings. The summed E-state index contributed by atoms with van der Waals surface area (Å²) in [6.07, 6.45) is 2.29. The molecule has 3 N–H and O–H groups in total. The van der Waals surface area contributed by atoms with Crippen LogP contribution in [-0.2, 0) is 0 Å². The Labute approximate surface area is 120 Å². The van der Waals surface area contributed by atoms with E-state index in [2.05, 4.69) is 16.0 Å². The van der Waals surface area contributed by atoms with Gasteiger partial charge < -0.3 is 16.0 Å². The molecule has 0 saturated carbocycles. The maximum Gasteiger partial charge on any atom is 0.319 e. The Kier molecular flexibility index (Phi) is 6.67. The van der Waals surface area contributed by atoms with Gasteiger partial charge in [-0.3, -0.25) is 0 Å². The first-order valence-electron chi connectivity index (χ1n) is 6.56. The van der Waals surface area contributed by atoms with Crippen molar-refractivity contribution >= 4 is 24.1 Å². The van der Waals surface area contributed by atoms with Gasteiger partial charge in [0.15, 0.2) is 0 Å². The van der Waals surface area contributed by atoms with Gasteiger partial charge in [-0.2, -0.15) is 0 Å². The molecule has 0 radical (unpaired) electrons. The summed E-state index contributed by atoms with van der Waals surface area (Å²) in [5, 5.41) is 9.12. The van der Waals surface area contributed by atoms with Crippen LogP contribution in [0.1, 0.15) is 18.4 Å². The summed E-state index contributed by atoms with van der Waals surface area (Å²) in [4.78, 5) is 11.7. The molecule has 0 atom stereocenters. The molecule has 2 amide bonds. The standard InChI is InChI=1S/C14H21N3O.ClH/c1-11-3-2-4-13(9-11)17-14(18)16-10-12-5-7-15-8-6-12;/h2-4,9,12,15H,5-8,10H2,1H3,(H2,16,17,18);1H. The van der Waals surface area contributed by atoms with E-state index < -0.39 is 0 Å². The summed E-state index contributed by atoms with van der Waals surface area (Å²) < 4.78 is 0. The normalized spacial score (nSPS) is 15.4. The SMILES string of the molecule is Cc1cccc(NC(=O)NCC2CCNCC2)c1.Cl. The van der Waals surface area contributed by atoms with E-state index in [-0.39, 0.29) is 18.4 Å². The van der Waals surface area contributed by atoms with Gasteiger partial charge in [0, 0.05) is 12.2 Å². The number of halogens is 1. The molecular weight excluding hydrogens is 262 g/mol. The van der Waals surface area contributed by atoms with E-state index in [4.69, 9.17) is 0 Å². The van der Waals surface area contributed by atoms with E-state index in [0.29, 0.717) is 5.92 Å². The number of amides is 2. The number of aryl methyl sites for hydroxylation is 1. The van der Waals surface area contributed by atoms with Crippen molar-refractivity contribution in [1.82, 2.24) is 10.6 Å². The summed E-state index contributed by atoms with van der Waals surface area (Å²) in [6.45, 7) is 4.90. The topological polar surface area (TPSA) is 53.2 Å². The zero-order valence-electron chi connectivity index (χ0n) is 11.2. The van der Waals surface area contributed by atoms with Crippen LogP contribution in [0.2, 0.25) is 0 Å². The molecule has 0 unspecified atom stereocenters. The highest BCUT2D eigenvalue weighted by Gasteiger charge is 2.13. The number of anilines is 1. The fourth-order valence-corrected chi connectivity index (χ4v) is 2.22. The summed E-state index contributed by atoms with van der Waals surface area (Å²) in [5.74, 6) is 0.606. The number of carbonyl (C=O) groups is 1. The number of hydrogen-bond donors (Lipinski definition) is 3. The molecule has 5 heteroatoms. The largest absolute Gasteiger partial charge is 0.338 e. The Bertz CT molecular complexity index is 405. The van der Waals surface area contributed by atoms with E-state index in [0.717, 1.165) is 43.7 Å². The maximum atomic E-state index is 11.7. The number of rotatable bonds is 3. The zero-order valence-corrected chi connectivity index (χ0v) is 12.1. The molecule has 0 aromatic heterocycles. The van der Waals surface area contributed by atoms with Gasteiger partial charge in [-0.05, 0) is 56.5 Å². The predicted octanol–water partition coefficient (Wildman–Crippen LogP) is 2.54. The molecule has 1 aliphatic heterocycles. The van der Waals surface area contributed by atoms with Crippen molar-refractivity contribution in [3.05, 3.63) is 29.8 Å². The van der Waals surface area contributed by atoms with Crippen LogP contribution in [0.4, 0.5) is 10.5 Å². The minimum absolute atomic E-state index is 0. The van der Waals surface area contributed by atoms with Gasteiger partial charge in [-0.1, -0.05) is 12.1 Å². The minimum atomic E-state index is -0.112. The first-order chi connectivity index (χ1) is 8.74. The first kappa shape index (κ1) is 15.8. The highest BCUT2D eigenvalue weighted by molar-refractivity contribution is 5.89. The third kappa shape index (κ3) is 5.49. The molecule has 1 aliphatic rings. The van der Waals surface area contributed by atoms with Gasteiger partial charge in [0.1, 0.15) is 0 Å². The highest BCUT2D eigenvalue weighted by atomic mass is 35.5. The molecule has 106 valence electrons. The molecule has 1 aromatic carbocycles. The van der Waals surface area contributed by atoms with Crippen LogP contribution >= 0.6 is 12.4 Å². The molecule has 1 heterocycles. The average Bonchev–Trinajstić information content (AvgIpc) is 2.38. The van der Waals surface area contributed by atoms with Crippen molar-refractivity contribution in [3.8, 4) is 0 Å². The van der Waals surface area contributed by atoms with E-state index >= 15 is 0 Å². The van der Waals surface area contributed by atoms with Crippen LogP contribution in [0.25, 0.3) is 0 Å². The van der Waals surface area contributed by atoms with E-state index in [1.54, 1.807) is 0 Å². The zero-order chi connectivity index (χ0) is 12.8. The lowest BCUT2D eigenvalue weighted by Crippen LogP contribution is -2.37. The molecule has 1 saturated heterocycles. The van der Waals surface area contributed by atoms with E-state index in [1.807, 2.05) is 31.2 Å². The third-order valence-corrected chi connectivity index (χ3v) is 3.29. The molecular formula is C14H22ClN3O. The smallest absolute Gasteiger partial charge is 0.319 e. The third-order valence-electron chi connectivity index (χ3n) is 3.29. The van der Waals surface area contributed by atoms with Crippen molar-refractivity contribution < 1.29 is 4.79 Å².